The number of para-hydroxylation sites is 1. The fourth-order valence-electron chi connectivity index (χ4n) is 2.22. The first-order valence-electron chi connectivity index (χ1n) is 8.29. The van der Waals surface area contributed by atoms with Gasteiger partial charge in [0.05, 0.1) is 17.2 Å². The normalized spacial score (nSPS) is 11.2. The number of anilines is 1. The van der Waals surface area contributed by atoms with Crippen molar-refractivity contribution in [1.82, 2.24) is 10.6 Å². The van der Waals surface area contributed by atoms with E-state index in [0.29, 0.717) is 26.2 Å². The molecule has 3 N–H and O–H groups in total. The van der Waals surface area contributed by atoms with Crippen LogP contribution in [-0.4, -0.2) is 47.7 Å². The molecule has 0 saturated heterocycles. The summed E-state index contributed by atoms with van der Waals surface area (Å²) in [6.07, 6.45) is 0. The van der Waals surface area contributed by atoms with Crippen molar-refractivity contribution in [1.29, 1.82) is 0 Å². The minimum atomic E-state index is -4.02. The third-order valence-corrected chi connectivity index (χ3v) is 4.96. The number of ether oxygens (including phenoxy) is 1. The summed E-state index contributed by atoms with van der Waals surface area (Å²) in [7, 11) is -2.42. The second-order valence-corrected chi connectivity index (χ2v) is 7.29. The second kappa shape index (κ2) is 10.0. The van der Waals surface area contributed by atoms with Gasteiger partial charge in [-0.05, 0) is 30.3 Å². The zero-order chi connectivity index (χ0) is 19.7. The second-order valence-electron chi connectivity index (χ2n) is 5.61. The lowest BCUT2D eigenvalue weighted by molar-refractivity contribution is 0.0953. The SMILES string of the molecule is COCCNCCNC(=O)c1cccc(S(=O)(=O)Nc2ccccc2F)c1. The van der Waals surface area contributed by atoms with Gasteiger partial charge in [0.1, 0.15) is 5.82 Å². The lowest BCUT2D eigenvalue weighted by Gasteiger charge is -2.10. The molecule has 0 aromatic heterocycles. The van der Waals surface area contributed by atoms with Crippen molar-refractivity contribution in [3.05, 3.63) is 59.9 Å². The molecule has 7 nitrogen and oxygen atoms in total. The van der Waals surface area contributed by atoms with E-state index in [9.17, 15) is 17.6 Å². The Morgan fingerprint density at radius 2 is 1.85 bits per heavy atom. The Balaban J connectivity index is 2.01. The lowest BCUT2D eigenvalue weighted by Crippen LogP contribution is -2.33. The van der Waals surface area contributed by atoms with E-state index in [4.69, 9.17) is 4.74 Å². The highest BCUT2D eigenvalue weighted by Gasteiger charge is 2.18. The van der Waals surface area contributed by atoms with Gasteiger partial charge in [-0.2, -0.15) is 0 Å². The molecule has 0 atom stereocenters. The van der Waals surface area contributed by atoms with Crippen molar-refractivity contribution in [3.8, 4) is 0 Å². The molecule has 1 amide bonds. The Bertz CT molecular complexity index is 874. The number of amides is 1. The van der Waals surface area contributed by atoms with Crippen LogP contribution < -0.4 is 15.4 Å². The van der Waals surface area contributed by atoms with Crippen LogP contribution in [0.4, 0.5) is 10.1 Å². The van der Waals surface area contributed by atoms with Gasteiger partial charge in [0, 0.05) is 32.3 Å². The number of carbonyl (C=O) groups is 1. The van der Waals surface area contributed by atoms with Gasteiger partial charge in [0.2, 0.25) is 0 Å². The maximum Gasteiger partial charge on any atom is 0.262 e. The molecule has 0 fully saturated rings. The standard InChI is InChI=1S/C18H22FN3O4S/c1-26-12-11-20-9-10-21-18(23)14-5-4-6-15(13-14)27(24,25)22-17-8-3-2-7-16(17)19/h2-8,13,20,22H,9-12H2,1H3,(H,21,23). The Hall–Kier alpha value is -2.49. The number of nitrogens with one attached hydrogen (secondary N) is 3. The molecular formula is C18H22FN3O4S. The van der Waals surface area contributed by atoms with Crippen molar-refractivity contribution in [2.24, 2.45) is 0 Å². The van der Waals surface area contributed by atoms with E-state index in [-0.39, 0.29) is 16.1 Å². The summed E-state index contributed by atoms with van der Waals surface area (Å²) < 4.78 is 45.7. The van der Waals surface area contributed by atoms with E-state index in [1.807, 2.05) is 0 Å². The minimum absolute atomic E-state index is 0.128. The van der Waals surface area contributed by atoms with Crippen LogP contribution in [-0.2, 0) is 14.8 Å². The van der Waals surface area contributed by atoms with Gasteiger partial charge in [0.25, 0.3) is 15.9 Å². The van der Waals surface area contributed by atoms with E-state index in [0.717, 1.165) is 6.07 Å². The Labute approximate surface area is 158 Å². The minimum Gasteiger partial charge on any atom is -0.383 e. The number of sulfonamides is 1. The van der Waals surface area contributed by atoms with Crippen molar-refractivity contribution in [2.45, 2.75) is 4.90 Å². The van der Waals surface area contributed by atoms with Crippen LogP contribution in [0.1, 0.15) is 10.4 Å². The number of carbonyl (C=O) groups excluding carboxylic acids is 1. The molecule has 2 aromatic rings. The molecule has 9 heteroatoms. The maximum absolute atomic E-state index is 13.7. The topological polar surface area (TPSA) is 96.5 Å². The van der Waals surface area contributed by atoms with Gasteiger partial charge >= 0.3 is 0 Å². The molecule has 146 valence electrons. The van der Waals surface area contributed by atoms with Gasteiger partial charge in [0.15, 0.2) is 0 Å². The average Bonchev–Trinajstić information content (AvgIpc) is 2.66. The summed E-state index contributed by atoms with van der Waals surface area (Å²) in [6.45, 7) is 2.18. The Morgan fingerprint density at radius 3 is 2.59 bits per heavy atom. The first-order chi connectivity index (χ1) is 12.9. The Kier molecular flexibility index (Phi) is 7.71. The molecule has 27 heavy (non-hydrogen) atoms. The Morgan fingerprint density at radius 1 is 1.07 bits per heavy atom. The largest absolute Gasteiger partial charge is 0.383 e. The molecular weight excluding hydrogens is 373 g/mol. The predicted molar refractivity (Wildman–Crippen MR) is 101 cm³/mol. The van der Waals surface area contributed by atoms with Crippen molar-refractivity contribution in [2.75, 3.05) is 38.1 Å². The monoisotopic (exact) mass is 395 g/mol. The van der Waals surface area contributed by atoms with Crippen LogP contribution in [0.3, 0.4) is 0 Å². The van der Waals surface area contributed by atoms with E-state index >= 15 is 0 Å². The molecule has 0 radical (unpaired) electrons. The van der Waals surface area contributed by atoms with Gasteiger partial charge in [-0.3, -0.25) is 9.52 Å². The molecule has 2 aromatic carbocycles. The van der Waals surface area contributed by atoms with Crippen LogP contribution in [0.25, 0.3) is 0 Å². The predicted octanol–water partition coefficient (Wildman–Crippen LogP) is 1.59. The van der Waals surface area contributed by atoms with E-state index < -0.39 is 21.7 Å². The van der Waals surface area contributed by atoms with E-state index in [1.165, 1.54) is 42.5 Å². The highest BCUT2D eigenvalue weighted by atomic mass is 32.2. The molecule has 0 bridgehead atoms. The summed E-state index contributed by atoms with van der Waals surface area (Å²) in [5.41, 5.74) is 0.0396. The number of hydrogen-bond donors (Lipinski definition) is 3. The zero-order valence-electron chi connectivity index (χ0n) is 14.9. The fourth-order valence-corrected chi connectivity index (χ4v) is 3.33. The summed E-state index contributed by atoms with van der Waals surface area (Å²) in [6, 6.07) is 11.0. The van der Waals surface area contributed by atoms with E-state index in [1.54, 1.807) is 7.11 Å². The zero-order valence-corrected chi connectivity index (χ0v) is 15.7. The van der Waals surface area contributed by atoms with Gasteiger partial charge < -0.3 is 15.4 Å². The highest BCUT2D eigenvalue weighted by molar-refractivity contribution is 7.92. The molecule has 0 aliphatic rings. The summed E-state index contributed by atoms with van der Waals surface area (Å²) in [5.74, 6) is -1.08. The number of rotatable bonds is 10. The van der Waals surface area contributed by atoms with Crippen molar-refractivity contribution >= 4 is 21.6 Å². The molecule has 0 spiro atoms. The van der Waals surface area contributed by atoms with Gasteiger partial charge in [-0.25, -0.2) is 12.8 Å². The summed E-state index contributed by atoms with van der Waals surface area (Å²) in [5, 5.41) is 5.78. The molecule has 0 aliphatic heterocycles. The molecule has 0 aliphatic carbocycles. The number of hydrogen-bond acceptors (Lipinski definition) is 5. The van der Waals surface area contributed by atoms with Gasteiger partial charge in [-0.1, -0.05) is 18.2 Å². The van der Waals surface area contributed by atoms with Crippen LogP contribution in [0.5, 0.6) is 0 Å². The first-order valence-corrected chi connectivity index (χ1v) is 9.77. The van der Waals surface area contributed by atoms with Crippen LogP contribution in [0, 0.1) is 5.82 Å². The lowest BCUT2D eigenvalue weighted by atomic mass is 10.2. The molecule has 0 saturated carbocycles. The number of benzene rings is 2. The molecule has 2 rings (SSSR count). The summed E-state index contributed by atoms with van der Waals surface area (Å²) in [4.78, 5) is 12.1. The smallest absolute Gasteiger partial charge is 0.262 e. The third kappa shape index (κ3) is 6.31. The summed E-state index contributed by atoms with van der Waals surface area (Å²) >= 11 is 0. The molecule has 0 unspecified atom stereocenters. The number of methoxy groups -OCH3 is 1. The highest BCUT2D eigenvalue weighted by Crippen LogP contribution is 2.19. The quantitative estimate of drug-likeness (QED) is 0.531. The van der Waals surface area contributed by atoms with Crippen LogP contribution >= 0.6 is 0 Å². The fraction of sp³-hybridized carbons (Fsp3) is 0.278. The first kappa shape index (κ1) is 20.8. The maximum atomic E-state index is 13.7. The number of halogens is 1. The average molecular weight is 395 g/mol. The molecule has 0 heterocycles. The van der Waals surface area contributed by atoms with Crippen molar-refractivity contribution < 1.29 is 22.3 Å². The third-order valence-electron chi connectivity index (χ3n) is 3.60. The van der Waals surface area contributed by atoms with Crippen molar-refractivity contribution in [3.63, 3.8) is 0 Å². The van der Waals surface area contributed by atoms with Crippen LogP contribution in [0.2, 0.25) is 0 Å². The van der Waals surface area contributed by atoms with E-state index in [2.05, 4.69) is 15.4 Å². The van der Waals surface area contributed by atoms with Gasteiger partial charge in [-0.15, -0.1) is 0 Å². The van der Waals surface area contributed by atoms with Crippen LogP contribution in [0.15, 0.2) is 53.4 Å².